The van der Waals surface area contributed by atoms with Gasteiger partial charge in [-0.15, -0.1) is 0 Å². The van der Waals surface area contributed by atoms with Crippen molar-refractivity contribution in [2.75, 3.05) is 7.11 Å². The van der Waals surface area contributed by atoms with Gasteiger partial charge in [-0.05, 0) is 25.2 Å². The van der Waals surface area contributed by atoms with Gasteiger partial charge in [-0.3, -0.25) is 9.89 Å². The number of methoxy groups -OCH3 is 1. The SMILES string of the molecule is COC(=O)c1c(C(=O)C(C)C)n[nH]c1CC1CC1. The first-order chi connectivity index (χ1) is 8.54. The predicted molar refractivity (Wildman–Crippen MR) is 65.5 cm³/mol. The molecule has 0 unspecified atom stereocenters. The van der Waals surface area contributed by atoms with Crippen LogP contribution in [0.3, 0.4) is 0 Å². The molecule has 0 bridgehead atoms. The third-order valence-electron chi connectivity index (χ3n) is 3.18. The van der Waals surface area contributed by atoms with Crippen LogP contribution in [0.15, 0.2) is 0 Å². The summed E-state index contributed by atoms with van der Waals surface area (Å²) in [7, 11) is 1.32. The van der Waals surface area contributed by atoms with Gasteiger partial charge in [0.2, 0.25) is 0 Å². The lowest BCUT2D eigenvalue weighted by molar-refractivity contribution is 0.0595. The van der Waals surface area contributed by atoms with Gasteiger partial charge >= 0.3 is 5.97 Å². The molecule has 5 heteroatoms. The van der Waals surface area contributed by atoms with Crippen molar-refractivity contribution in [1.29, 1.82) is 0 Å². The highest BCUT2D eigenvalue weighted by Crippen LogP contribution is 2.33. The maximum absolute atomic E-state index is 12.0. The summed E-state index contributed by atoms with van der Waals surface area (Å²) in [6.07, 6.45) is 3.11. The number of aromatic amines is 1. The van der Waals surface area contributed by atoms with Crippen LogP contribution in [-0.2, 0) is 11.2 Å². The average Bonchev–Trinajstić information content (AvgIpc) is 3.05. The number of hydrogen-bond acceptors (Lipinski definition) is 4. The molecular weight excluding hydrogens is 232 g/mol. The zero-order valence-corrected chi connectivity index (χ0v) is 10.9. The molecule has 0 amide bonds. The minimum absolute atomic E-state index is 0.131. The van der Waals surface area contributed by atoms with E-state index in [1.165, 1.54) is 20.0 Å². The summed E-state index contributed by atoms with van der Waals surface area (Å²) in [4.78, 5) is 23.8. The Balaban J connectivity index is 2.36. The molecule has 98 valence electrons. The Morgan fingerprint density at radius 1 is 1.44 bits per heavy atom. The van der Waals surface area contributed by atoms with Gasteiger partial charge in [-0.2, -0.15) is 5.10 Å². The van der Waals surface area contributed by atoms with Crippen molar-refractivity contribution < 1.29 is 14.3 Å². The summed E-state index contributed by atoms with van der Waals surface area (Å²) in [5.41, 5.74) is 1.27. The molecule has 1 fully saturated rings. The van der Waals surface area contributed by atoms with Crippen molar-refractivity contribution in [1.82, 2.24) is 10.2 Å². The fraction of sp³-hybridized carbons (Fsp3) is 0.615. The van der Waals surface area contributed by atoms with Crippen LogP contribution >= 0.6 is 0 Å². The molecule has 1 aliphatic rings. The molecule has 0 radical (unpaired) electrons. The molecule has 0 saturated heterocycles. The predicted octanol–water partition coefficient (Wildman–Crippen LogP) is 1.99. The van der Waals surface area contributed by atoms with Crippen LogP contribution in [0.2, 0.25) is 0 Å². The maximum Gasteiger partial charge on any atom is 0.342 e. The molecule has 18 heavy (non-hydrogen) atoms. The van der Waals surface area contributed by atoms with Crippen molar-refractivity contribution >= 4 is 11.8 Å². The Morgan fingerprint density at radius 3 is 2.61 bits per heavy atom. The van der Waals surface area contributed by atoms with Crippen molar-refractivity contribution in [2.45, 2.75) is 33.1 Å². The highest BCUT2D eigenvalue weighted by Gasteiger charge is 2.30. The zero-order chi connectivity index (χ0) is 13.3. The number of aromatic nitrogens is 2. The Hall–Kier alpha value is -1.65. The van der Waals surface area contributed by atoms with Crippen LogP contribution in [0.4, 0.5) is 0 Å². The van der Waals surface area contributed by atoms with E-state index >= 15 is 0 Å². The molecule has 1 aliphatic carbocycles. The van der Waals surface area contributed by atoms with Gasteiger partial charge in [0.15, 0.2) is 5.78 Å². The number of H-pyrrole nitrogens is 1. The number of ketones is 1. The summed E-state index contributed by atoms with van der Waals surface area (Å²) in [6.45, 7) is 3.58. The standard InChI is InChI=1S/C13H18N2O3/c1-7(2)12(16)11-10(13(17)18-3)9(14-15-11)6-8-4-5-8/h7-8H,4-6H2,1-3H3,(H,14,15). The Bertz CT molecular complexity index is 473. The smallest absolute Gasteiger partial charge is 0.342 e. The largest absolute Gasteiger partial charge is 0.465 e. The number of nitrogens with zero attached hydrogens (tertiary/aromatic N) is 1. The molecule has 2 rings (SSSR count). The summed E-state index contributed by atoms with van der Waals surface area (Å²) >= 11 is 0. The van der Waals surface area contributed by atoms with Gasteiger partial charge in [-0.1, -0.05) is 13.8 Å². The zero-order valence-electron chi connectivity index (χ0n) is 10.9. The van der Waals surface area contributed by atoms with E-state index in [1.807, 2.05) is 0 Å². The first-order valence-corrected chi connectivity index (χ1v) is 6.24. The summed E-state index contributed by atoms with van der Waals surface area (Å²) in [5.74, 6) is -0.196. The number of nitrogens with one attached hydrogen (secondary N) is 1. The summed E-state index contributed by atoms with van der Waals surface area (Å²) in [6, 6.07) is 0. The lowest BCUT2D eigenvalue weighted by Crippen LogP contribution is -2.15. The number of rotatable bonds is 5. The van der Waals surface area contributed by atoms with Gasteiger partial charge in [-0.25, -0.2) is 4.79 Å². The van der Waals surface area contributed by atoms with Gasteiger partial charge in [0.25, 0.3) is 0 Å². The quantitative estimate of drug-likeness (QED) is 0.640. The van der Waals surface area contributed by atoms with Crippen molar-refractivity contribution in [3.8, 4) is 0 Å². The monoisotopic (exact) mass is 250 g/mol. The first-order valence-electron chi connectivity index (χ1n) is 6.24. The van der Waals surface area contributed by atoms with Crippen molar-refractivity contribution in [3.63, 3.8) is 0 Å². The molecule has 0 aromatic carbocycles. The number of Topliss-reactive ketones (excluding diaryl/α,β-unsaturated/α-hetero) is 1. The molecule has 0 spiro atoms. The lowest BCUT2D eigenvalue weighted by atomic mass is 10.0. The van der Waals surface area contributed by atoms with E-state index in [2.05, 4.69) is 10.2 Å². The molecule has 1 saturated carbocycles. The molecule has 1 N–H and O–H groups in total. The number of esters is 1. The van der Waals surface area contributed by atoms with E-state index in [9.17, 15) is 9.59 Å². The lowest BCUT2D eigenvalue weighted by Gasteiger charge is -2.05. The molecule has 1 aromatic rings. The second-order valence-electron chi connectivity index (χ2n) is 5.08. The van der Waals surface area contributed by atoms with Crippen LogP contribution in [-0.4, -0.2) is 29.1 Å². The second-order valence-corrected chi connectivity index (χ2v) is 5.08. The van der Waals surface area contributed by atoms with Gasteiger partial charge in [0, 0.05) is 5.92 Å². The highest BCUT2D eigenvalue weighted by atomic mass is 16.5. The fourth-order valence-electron chi connectivity index (χ4n) is 1.91. The number of hydrogen-bond donors (Lipinski definition) is 1. The van der Waals surface area contributed by atoms with Crippen LogP contribution in [0.1, 0.15) is 53.2 Å². The molecule has 5 nitrogen and oxygen atoms in total. The van der Waals surface area contributed by atoms with Crippen LogP contribution in [0, 0.1) is 11.8 Å². The number of carbonyl (C=O) groups excluding carboxylic acids is 2. The minimum atomic E-state index is -0.483. The van der Waals surface area contributed by atoms with Crippen molar-refractivity contribution in [2.24, 2.45) is 11.8 Å². The molecule has 0 atom stereocenters. The summed E-state index contributed by atoms with van der Waals surface area (Å²) < 4.78 is 4.76. The second kappa shape index (κ2) is 4.92. The molecular formula is C13H18N2O3. The molecule has 0 aliphatic heterocycles. The van der Waals surface area contributed by atoms with Gasteiger partial charge in [0.05, 0.1) is 12.8 Å². The Kier molecular flexibility index (Phi) is 3.50. The van der Waals surface area contributed by atoms with E-state index in [0.29, 0.717) is 11.5 Å². The third-order valence-corrected chi connectivity index (χ3v) is 3.18. The van der Waals surface area contributed by atoms with E-state index < -0.39 is 5.97 Å². The number of ether oxygens (including phenoxy) is 1. The molecule has 1 aromatic heterocycles. The topological polar surface area (TPSA) is 72.1 Å². The van der Waals surface area contributed by atoms with Crippen LogP contribution in [0.5, 0.6) is 0 Å². The van der Waals surface area contributed by atoms with Crippen LogP contribution in [0.25, 0.3) is 0 Å². The Labute approximate surface area is 106 Å². The summed E-state index contributed by atoms with van der Waals surface area (Å²) in [5, 5.41) is 6.84. The average molecular weight is 250 g/mol. The van der Waals surface area contributed by atoms with E-state index in [-0.39, 0.29) is 17.4 Å². The Morgan fingerprint density at radius 2 is 2.11 bits per heavy atom. The van der Waals surface area contributed by atoms with Crippen LogP contribution < -0.4 is 0 Å². The number of carbonyl (C=O) groups is 2. The van der Waals surface area contributed by atoms with E-state index in [0.717, 1.165) is 12.1 Å². The highest BCUT2D eigenvalue weighted by molar-refractivity contribution is 6.06. The van der Waals surface area contributed by atoms with Gasteiger partial charge in [0.1, 0.15) is 11.3 Å². The van der Waals surface area contributed by atoms with E-state index in [1.54, 1.807) is 13.8 Å². The van der Waals surface area contributed by atoms with E-state index in [4.69, 9.17) is 4.74 Å². The fourth-order valence-corrected chi connectivity index (χ4v) is 1.91. The first kappa shape index (κ1) is 12.8. The minimum Gasteiger partial charge on any atom is -0.465 e. The molecule has 1 heterocycles. The van der Waals surface area contributed by atoms with Gasteiger partial charge < -0.3 is 4.74 Å². The van der Waals surface area contributed by atoms with Crippen molar-refractivity contribution in [3.05, 3.63) is 17.0 Å². The third kappa shape index (κ3) is 2.44. The maximum atomic E-state index is 12.0. The normalized spacial score (nSPS) is 14.9.